The summed E-state index contributed by atoms with van der Waals surface area (Å²) in [5.41, 5.74) is 1.37. The second-order valence-corrected chi connectivity index (χ2v) is 7.48. The number of hydrogen-bond donors (Lipinski definition) is 0. The molecule has 0 N–H and O–H groups in total. The van der Waals surface area contributed by atoms with Crippen LogP contribution < -0.4 is 9.47 Å². The van der Waals surface area contributed by atoms with E-state index in [-0.39, 0.29) is 30.5 Å². The molecule has 156 valence electrons. The van der Waals surface area contributed by atoms with E-state index in [4.69, 9.17) is 19.5 Å². The predicted molar refractivity (Wildman–Crippen MR) is 116 cm³/mol. The van der Waals surface area contributed by atoms with Crippen LogP contribution in [-0.2, 0) is 14.3 Å². The van der Waals surface area contributed by atoms with Crippen molar-refractivity contribution < 1.29 is 23.8 Å². The highest BCUT2D eigenvalue weighted by molar-refractivity contribution is 9.10. The van der Waals surface area contributed by atoms with Crippen molar-refractivity contribution in [2.45, 2.75) is 26.7 Å². The molecule has 0 radical (unpaired) electrons. The number of halogens is 1. The van der Waals surface area contributed by atoms with Crippen LogP contribution in [0.1, 0.15) is 37.8 Å². The lowest BCUT2D eigenvalue weighted by atomic mass is 10.0. The van der Waals surface area contributed by atoms with Crippen molar-refractivity contribution in [3.63, 3.8) is 0 Å². The van der Waals surface area contributed by atoms with Gasteiger partial charge in [-0.05, 0) is 60.4 Å². The van der Waals surface area contributed by atoms with E-state index in [2.05, 4.69) is 15.9 Å². The van der Waals surface area contributed by atoms with Gasteiger partial charge < -0.3 is 14.2 Å². The van der Waals surface area contributed by atoms with Gasteiger partial charge in [-0.3, -0.25) is 0 Å². The summed E-state index contributed by atoms with van der Waals surface area (Å²) in [7, 11) is 0. The summed E-state index contributed by atoms with van der Waals surface area (Å²) in [6.45, 7) is 5.66. The maximum absolute atomic E-state index is 12.2. The number of esters is 2. The van der Waals surface area contributed by atoms with Crippen molar-refractivity contribution >= 4 is 33.9 Å². The van der Waals surface area contributed by atoms with Crippen LogP contribution in [-0.4, -0.2) is 25.2 Å². The van der Waals surface area contributed by atoms with Gasteiger partial charge in [0, 0.05) is 4.47 Å². The number of nitrogens with zero attached hydrogens (tertiary/aromatic N) is 1. The third kappa shape index (κ3) is 6.75. The van der Waals surface area contributed by atoms with Gasteiger partial charge in [-0.2, -0.15) is 5.26 Å². The van der Waals surface area contributed by atoms with Crippen molar-refractivity contribution in [3.05, 3.63) is 63.6 Å². The van der Waals surface area contributed by atoms with E-state index in [1.165, 1.54) is 6.08 Å². The third-order valence-electron chi connectivity index (χ3n) is 3.96. The summed E-state index contributed by atoms with van der Waals surface area (Å²) < 4.78 is 16.7. The molecule has 0 amide bonds. The highest BCUT2D eigenvalue weighted by atomic mass is 79.9. The quantitative estimate of drug-likeness (QED) is 0.232. The van der Waals surface area contributed by atoms with Gasteiger partial charge in [-0.15, -0.1) is 0 Å². The largest absolute Gasteiger partial charge is 0.482 e. The van der Waals surface area contributed by atoms with E-state index in [1.54, 1.807) is 37.3 Å². The van der Waals surface area contributed by atoms with Gasteiger partial charge in [0.1, 0.15) is 23.1 Å². The molecule has 0 aromatic heterocycles. The maximum Gasteiger partial charge on any atom is 0.349 e. The fourth-order valence-corrected chi connectivity index (χ4v) is 2.96. The summed E-state index contributed by atoms with van der Waals surface area (Å²) in [6, 6.07) is 13.9. The second kappa shape index (κ2) is 11.2. The van der Waals surface area contributed by atoms with Gasteiger partial charge in [-0.25, -0.2) is 9.59 Å². The topological polar surface area (TPSA) is 85.6 Å². The van der Waals surface area contributed by atoms with Crippen LogP contribution in [0.3, 0.4) is 0 Å². The average Bonchev–Trinajstić information content (AvgIpc) is 2.71. The van der Waals surface area contributed by atoms with Crippen LogP contribution >= 0.6 is 15.9 Å². The number of hydrogen-bond acceptors (Lipinski definition) is 6. The van der Waals surface area contributed by atoms with E-state index >= 15 is 0 Å². The van der Waals surface area contributed by atoms with E-state index in [0.717, 1.165) is 10.0 Å². The SMILES string of the molecule is CCOC(=O)/C(C#N)=C/c1cccc(OC(=O)COc2ccc(Br)cc2C(C)C)c1. The zero-order valence-electron chi connectivity index (χ0n) is 17.0. The highest BCUT2D eigenvalue weighted by Crippen LogP contribution is 2.29. The highest BCUT2D eigenvalue weighted by Gasteiger charge is 2.13. The molecule has 2 rings (SSSR count). The Morgan fingerprint density at radius 1 is 1.20 bits per heavy atom. The Kier molecular flexibility index (Phi) is 8.63. The minimum Gasteiger partial charge on any atom is -0.482 e. The van der Waals surface area contributed by atoms with Gasteiger partial charge in [0.25, 0.3) is 0 Å². The van der Waals surface area contributed by atoms with Crippen LogP contribution in [0, 0.1) is 11.3 Å². The fourth-order valence-electron chi connectivity index (χ4n) is 2.58. The Morgan fingerprint density at radius 2 is 1.97 bits per heavy atom. The van der Waals surface area contributed by atoms with Gasteiger partial charge >= 0.3 is 11.9 Å². The molecule has 0 bridgehead atoms. The third-order valence-corrected chi connectivity index (χ3v) is 4.45. The summed E-state index contributed by atoms with van der Waals surface area (Å²) in [6.07, 6.45) is 1.38. The molecule has 6 nitrogen and oxygen atoms in total. The first kappa shape index (κ1) is 23.2. The van der Waals surface area contributed by atoms with Gasteiger partial charge in [0.05, 0.1) is 6.61 Å². The number of rotatable bonds is 8. The summed E-state index contributed by atoms with van der Waals surface area (Å²) in [5, 5.41) is 9.13. The Balaban J connectivity index is 2.06. The first-order valence-electron chi connectivity index (χ1n) is 9.36. The van der Waals surface area contributed by atoms with Crippen LogP contribution in [0.4, 0.5) is 0 Å². The number of carbonyl (C=O) groups excluding carboxylic acids is 2. The molecule has 0 unspecified atom stereocenters. The molecule has 2 aromatic rings. The van der Waals surface area contributed by atoms with E-state index < -0.39 is 11.9 Å². The van der Waals surface area contributed by atoms with E-state index in [9.17, 15) is 9.59 Å². The maximum atomic E-state index is 12.2. The normalized spacial score (nSPS) is 11.0. The Labute approximate surface area is 184 Å². The molecule has 30 heavy (non-hydrogen) atoms. The molecule has 0 atom stereocenters. The van der Waals surface area contributed by atoms with Crippen molar-refractivity contribution in [2.24, 2.45) is 0 Å². The molecule has 0 saturated carbocycles. The molecular formula is C23H22BrNO5. The molecular weight excluding hydrogens is 450 g/mol. The first-order valence-corrected chi connectivity index (χ1v) is 10.1. The molecule has 0 aliphatic rings. The van der Waals surface area contributed by atoms with Crippen LogP contribution in [0.15, 0.2) is 52.5 Å². The molecule has 0 heterocycles. The van der Waals surface area contributed by atoms with Crippen LogP contribution in [0.5, 0.6) is 11.5 Å². The average molecular weight is 472 g/mol. The molecule has 0 fully saturated rings. The van der Waals surface area contributed by atoms with Crippen molar-refractivity contribution in [3.8, 4) is 17.6 Å². The standard InChI is InChI=1S/C23H22BrNO5/c1-4-28-23(27)17(13-25)10-16-6-5-7-19(11-16)30-22(26)14-29-21-9-8-18(24)12-20(21)15(2)3/h5-12,15H,4,14H2,1-3H3/b17-10+. The summed E-state index contributed by atoms with van der Waals surface area (Å²) in [4.78, 5) is 24.0. The number of carbonyl (C=O) groups is 2. The van der Waals surface area contributed by atoms with Gasteiger partial charge in [-0.1, -0.05) is 41.9 Å². The van der Waals surface area contributed by atoms with E-state index in [0.29, 0.717) is 11.3 Å². The monoisotopic (exact) mass is 471 g/mol. The smallest absolute Gasteiger partial charge is 0.349 e. The molecule has 2 aromatic carbocycles. The number of nitriles is 1. The Morgan fingerprint density at radius 3 is 2.63 bits per heavy atom. The number of benzene rings is 2. The fraction of sp³-hybridized carbons (Fsp3) is 0.261. The molecule has 0 aliphatic carbocycles. The van der Waals surface area contributed by atoms with Crippen LogP contribution in [0.25, 0.3) is 6.08 Å². The zero-order chi connectivity index (χ0) is 22.1. The minimum atomic E-state index is -0.703. The minimum absolute atomic E-state index is 0.139. The Bertz CT molecular complexity index is 991. The van der Waals surface area contributed by atoms with E-state index in [1.807, 2.05) is 32.0 Å². The lowest BCUT2D eigenvalue weighted by Gasteiger charge is -2.14. The van der Waals surface area contributed by atoms with Gasteiger partial charge in [0.2, 0.25) is 0 Å². The summed E-state index contributed by atoms with van der Waals surface area (Å²) >= 11 is 3.43. The summed E-state index contributed by atoms with van der Waals surface area (Å²) in [5.74, 6) is -0.148. The van der Waals surface area contributed by atoms with Gasteiger partial charge in [0.15, 0.2) is 6.61 Å². The molecule has 0 saturated heterocycles. The van der Waals surface area contributed by atoms with Crippen molar-refractivity contribution in [1.29, 1.82) is 5.26 Å². The predicted octanol–water partition coefficient (Wildman–Crippen LogP) is 5.03. The molecule has 7 heteroatoms. The lowest BCUT2D eigenvalue weighted by molar-refractivity contribution is -0.138. The molecule has 0 spiro atoms. The number of ether oxygens (including phenoxy) is 3. The van der Waals surface area contributed by atoms with Crippen molar-refractivity contribution in [1.82, 2.24) is 0 Å². The second-order valence-electron chi connectivity index (χ2n) is 6.56. The molecule has 0 aliphatic heterocycles. The zero-order valence-corrected chi connectivity index (χ0v) is 18.6. The van der Waals surface area contributed by atoms with Crippen molar-refractivity contribution in [2.75, 3.05) is 13.2 Å². The Hall–Kier alpha value is -3.11. The lowest BCUT2D eigenvalue weighted by Crippen LogP contribution is -2.18. The first-order chi connectivity index (χ1) is 14.3. The van der Waals surface area contributed by atoms with Crippen LogP contribution in [0.2, 0.25) is 0 Å².